The Labute approximate surface area is 114 Å². The fourth-order valence-corrected chi connectivity index (χ4v) is 2.22. The summed E-state index contributed by atoms with van der Waals surface area (Å²) in [6.07, 6.45) is 0. The van der Waals surface area contributed by atoms with Crippen LogP contribution in [0.5, 0.6) is 0 Å². The van der Waals surface area contributed by atoms with Crippen molar-refractivity contribution in [3.8, 4) is 11.4 Å². The average Bonchev–Trinajstić information content (AvgIpc) is 2.75. The largest absolute Gasteiger partial charge is 0.310 e. The van der Waals surface area contributed by atoms with E-state index >= 15 is 0 Å². The second-order valence-corrected chi connectivity index (χ2v) is 4.47. The molecule has 0 fully saturated rings. The van der Waals surface area contributed by atoms with Gasteiger partial charge in [-0.3, -0.25) is 0 Å². The van der Waals surface area contributed by atoms with Crippen LogP contribution in [-0.2, 0) is 12.4 Å². The topological polar surface area (TPSA) is 30.7 Å². The molecule has 1 heterocycles. The fourth-order valence-electron chi connectivity index (χ4n) is 1.64. The van der Waals surface area contributed by atoms with Gasteiger partial charge < -0.3 is 4.57 Å². The summed E-state index contributed by atoms with van der Waals surface area (Å²) in [5.74, 6) is 1.73. The van der Waals surface area contributed by atoms with Gasteiger partial charge in [0.2, 0.25) is 0 Å². The zero-order valence-corrected chi connectivity index (χ0v) is 11.4. The number of aromatic nitrogens is 3. The summed E-state index contributed by atoms with van der Waals surface area (Å²) in [6.45, 7) is 2.73. The highest BCUT2D eigenvalue weighted by Gasteiger charge is 2.15. The van der Waals surface area contributed by atoms with E-state index in [-0.39, 0.29) is 0 Å². The minimum Gasteiger partial charge on any atom is -0.310 e. The molecular weight excluding hydrogens is 281 g/mol. The highest BCUT2D eigenvalue weighted by atomic mass is 35.5. The van der Waals surface area contributed by atoms with Gasteiger partial charge in [-0.1, -0.05) is 29.3 Å². The SMILES string of the molecule is CCn1c(CCl)nnc1-c1cccc(Cl)c1Cl. The van der Waals surface area contributed by atoms with E-state index in [9.17, 15) is 0 Å². The number of benzene rings is 1. The first-order valence-electron chi connectivity index (χ1n) is 5.11. The second-order valence-electron chi connectivity index (χ2n) is 3.42. The first kappa shape index (κ1) is 12.7. The maximum atomic E-state index is 6.16. The van der Waals surface area contributed by atoms with Crippen molar-refractivity contribution in [2.45, 2.75) is 19.3 Å². The monoisotopic (exact) mass is 289 g/mol. The minimum atomic E-state index is 0.318. The molecular formula is C11H10Cl3N3. The van der Waals surface area contributed by atoms with Gasteiger partial charge in [0.05, 0.1) is 15.9 Å². The van der Waals surface area contributed by atoms with E-state index in [1.54, 1.807) is 6.07 Å². The van der Waals surface area contributed by atoms with E-state index < -0.39 is 0 Å². The molecule has 0 spiro atoms. The molecule has 3 nitrogen and oxygen atoms in total. The second kappa shape index (κ2) is 5.25. The Morgan fingerprint density at radius 1 is 1.24 bits per heavy atom. The highest BCUT2D eigenvalue weighted by Crippen LogP contribution is 2.32. The van der Waals surface area contributed by atoms with Crippen LogP contribution in [0.4, 0.5) is 0 Å². The molecule has 0 bridgehead atoms. The van der Waals surface area contributed by atoms with Crippen molar-refractivity contribution in [3.63, 3.8) is 0 Å². The van der Waals surface area contributed by atoms with Gasteiger partial charge in [0.1, 0.15) is 5.82 Å². The van der Waals surface area contributed by atoms with Gasteiger partial charge in [-0.15, -0.1) is 21.8 Å². The molecule has 6 heteroatoms. The number of hydrogen-bond acceptors (Lipinski definition) is 2. The summed E-state index contributed by atoms with van der Waals surface area (Å²) in [5, 5.41) is 9.13. The van der Waals surface area contributed by atoms with Gasteiger partial charge in [0, 0.05) is 12.1 Å². The van der Waals surface area contributed by atoms with Crippen molar-refractivity contribution in [1.29, 1.82) is 0 Å². The molecule has 0 saturated carbocycles. The smallest absolute Gasteiger partial charge is 0.165 e. The van der Waals surface area contributed by atoms with Crippen molar-refractivity contribution in [2.75, 3.05) is 0 Å². The first-order chi connectivity index (χ1) is 8.19. The molecule has 90 valence electrons. The molecule has 0 radical (unpaired) electrons. The fraction of sp³-hybridized carbons (Fsp3) is 0.273. The van der Waals surface area contributed by atoms with Crippen LogP contribution in [0, 0.1) is 0 Å². The quantitative estimate of drug-likeness (QED) is 0.800. The van der Waals surface area contributed by atoms with E-state index in [1.165, 1.54) is 0 Å². The maximum absolute atomic E-state index is 6.16. The van der Waals surface area contributed by atoms with Crippen molar-refractivity contribution in [1.82, 2.24) is 14.8 Å². The van der Waals surface area contributed by atoms with Crippen molar-refractivity contribution >= 4 is 34.8 Å². The van der Waals surface area contributed by atoms with E-state index in [4.69, 9.17) is 34.8 Å². The zero-order valence-electron chi connectivity index (χ0n) is 9.12. The van der Waals surface area contributed by atoms with Crippen LogP contribution in [0.25, 0.3) is 11.4 Å². The van der Waals surface area contributed by atoms with Crippen LogP contribution < -0.4 is 0 Å². The predicted octanol–water partition coefficient (Wildman–Crippen LogP) is 4.01. The number of rotatable bonds is 3. The van der Waals surface area contributed by atoms with E-state index in [0.29, 0.717) is 21.7 Å². The lowest BCUT2D eigenvalue weighted by Gasteiger charge is -2.08. The lowest BCUT2D eigenvalue weighted by Crippen LogP contribution is -2.02. The Balaban J connectivity index is 2.60. The maximum Gasteiger partial charge on any atom is 0.165 e. The lowest BCUT2D eigenvalue weighted by atomic mass is 10.2. The predicted molar refractivity (Wildman–Crippen MR) is 70.7 cm³/mol. The summed E-state index contributed by atoms with van der Waals surface area (Å²) in [5.41, 5.74) is 0.768. The van der Waals surface area contributed by atoms with Gasteiger partial charge in [-0.05, 0) is 19.1 Å². The third-order valence-electron chi connectivity index (χ3n) is 2.46. The molecule has 2 rings (SSSR count). The summed E-state index contributed by atoms with van der Waals surface area (Å²) >= 11 is 17.9. The molecule has 2 aromatic rings. The first-order valence-corrected chi connectivity index (χ1v) is 6.40. The molecule has 0 unspecified atom stereocenters. The number of halogens is 3. The van der Waals surface area contributed by atoms with E-state index in [2.05, 4.69) is 10.2 Å². The molecule has 0 aliphatic rings. The van der Waals surface area contributed by atoms with Crippen molar-refractivity contribution in [3.05, 3.63) is 34.1 Å². The third-order valence-corrected chi connectivity index (χ3v) is 3.51. The standard InChI is InChI=1S/C11H10Cl3N3/c1-2-17-9(6-12)15-16-11(17)7-4-3-5-8(13)10(7)14/h3-5H,2,6H2,1H3. The Bertz CT molecular complexity index is 537. The van der Waals surface area contributed by atoms with Crippen LogP contribution >= 0.6 is 34.8 Å². The van der Waals surface area contributed by atoms with Crippen LogP contribution in [0.2, 0.25) is 10.0 Å². The summed E-state index contributed by atoms with van der Waals surface area (Å²) in [6, 6.07) is 5.43. The highest BCUT2D eigenvalue weighted by molar-refractivity contribution is 6.43. The average molecular weight is 291 g/mol. The van der Waals surface area contributed by atoms with Gasteiger partial charge >= 0.3 is 0 Å². The van der Waals surface area contributed by atoms with Gasteiger partial charge in [0.25, 0.3) is 0 Å². The zero-order chi connectivity index (χ0) is 12.4. The van der Waals surface area contributed by atoms with Crippen molar-refractivity contribution < 1.29 is 0 Å². The third kappa shape index (κ3) is 2.28. The van der Waals surface area contributed by atoms with Gasteiger partial charge in [0.15, 0.2) is 5.82 Å². The van der Waals surface area contributed by atoms with Crippen LogP contribution in [-0.4, -0.2) is 14.8 Å². The molecule has 0 saturated heterocycles. The molecule has 0 aliphatic carbocycles. The van der Waals surface area contributed by atoms with Gasteiger partial charge in [-0.25, -0.2) is 0 Å². The molecule has 1 aromatic carbocycles. The normalized spacial score (nSPS) is 10.8. The summed E-state index contributed by atoms with van der Waals surface area (Å²) in [7, 11) is 0. The summed E-state index contributed by atoms with van der Waals surface area (Å²) < 4.78 is 1.92. The molecule has 17 heavy (non-hydrogen) atoms. The molecule has 0 amide bonds. The minimum absolute atomic E-state index is 0.318. The van der Waals surface area contributed by atoms with Crippen LogP contribution in [0.3, 0.4) is 0 Å². The number of alkyl halides is 1. The van der Waals surface area contributed by atoms with Crippen LogP contribution in [0.1, 0.15) is 12.7 Å². The summed E-state index contributed by atoms with van der Waals surface area (Å²) in [4.78, 5) is 0. The van der Waals surface area contributed by atoms with Crippen LogP contribution in [0.15, 0.2) is 18.2 Å². The molecule has 0 N–H and O–H groups in total. The van der Waals surface area contributed by atoms with Crippen molar-refractivity contribution in [2.24, 2.45) is 0 Å². The molecule has 1 aromatic heterocycles. The Morgan fingerprint density at radius 2 is 2.00 bits per heavy atom. The van der Waals surface area contributed by atoms with Gasteiger partial charge in [-0.2, -0.15) is 0 Å². The number of nitrogens with zero attached hydrogens (tertiary/aromatic N) is 3. The molecule has 0 atom stereocenters. The molecule has 0 aliphatic heterocycles. The van der Waals surface area contributed by atoms with E-state index in [0.717, 1.165) is 17.9 Å². The van der Waals surface area contributed by atoms with E-state index in [1.807, 2.05) is 23.6 Å². The lowest BCUT2D eigenvalue weighted by molar-refractivity contribution is 0.731. The Kier molecular flexibility index (Phi) is 3.92. The Hall–Kier alpha value is -0.770. The number of hydrogen-bond donors (Lipinski definition) is 0. The Morgan fingerprint density at radius 3 is 2.65 bits per heavy atom.